The zero-order valence-electron chi connectivity index (χ0n) is 10.8. The molecule has 0 saturated heterocycles. The van der Waals surface area contributed by atoms with Crippen molar-refractivity contribution in [1.29, 1.82) is 0 Å². The van der Waals surface area contributed by atoms with Gasteiger partial charge in [0.05, 0.1) is 0 Å². The van der Waals surface area contributed by atoms with E-state index in [1.165, 1.54) is 0 Å². The first-order valence-electron chi connectivity index (χ1n) is 6.06. The lowest BCUT2D eigenvalue weighted by Gasteiger charge is -2.19. The highest BCUT2D eigenvalue weighted by Crippen LogP contribution is 2.17. The minimum Gasteiger partial charge on any atom is -0.398 e. The van der Waals surface area contributed by atoms with Crippen molar-refractivity contribution < 1.29 is 0 Å². The molecular formula is C14H18N4. The second kappa shape index (κ2) is 5.49. The Morgan fingerprint density at radius 1 is 1.22 bits per heavy atom. The van der Waals surface area contributed by atoms with Gasteiger partial charge >= 0.3 is 0 Å². The molecule has 1 aromatic carbocycles. The van der Waals surface area contributed by atoms with E-state index in [1.54, 1.807) is 6.33 Å². The van der Waals surface area contributed by atoms with Crippen LogP contribution in [0, 0.1) is 0 Å². The number of aryl methyl sites for hydroxylation is 1. The van der Waals surface area contributed by atoms with Gasteiger partial charge in [0, 0.05) is 31.0 Å². The molecule has 0 spiro atoms. The van der Waals surface area contributed by atoms with Crippen LogP contribution in [0.5, 0.6) is 0 Å². The summed E-state index contributed by atoms with van der Waals surface area (Å²) in [6, 6.07) is 9.91. The van der Waals surface area contributed by atoms with Gasteiger partial charge in [-0.3, -0.25) is 0 Å². The molecule has 0 radical (unpaired) electrons. The lowest BCUT2D eigenvalue weighted by atomic mass is 10.1. The molecule has 1 heterocycles. The summed E-state index contributed by atoms with van der Waals surface area (Å²) in [6.07, 6.45) is 2.52. The number of benzene rings is 1. The monoisotopic (exact) mass is 242 g/mol. The van der Waals surface area contributed by atoms with E-state index < -0.39 is 0 Å². The molecule has 0 aliphatic carbocycles. The van der Waals surface area contributed by atoms with Gasteiger partial charge in [0.25, 0.3) is 0 Å². The summed E-state index contributed by atoms with van der Waals surface area (Å²) in [5.74, 6) is 0.921. The number of aromatic nitrogens is 2. The van der Waals surface area contributed by atoms with Crippen LogP contribution in [0.2, 0.25) is 0 Å². The number of nitrogens with zero attached hydrogens (tertiary/aromatic N) is 3. The van der Waals surface area contributed by atoms with Crippen molar-refractivity contribution in [3.05, 3.63) is 47.9 Å². The van der Waals surface area contributed by atoms with Gasteiger partial charge in [-0.15, -0.1) is 0 Å². The Bertz CT molecular complexity index is 525. The Kier molecular flexibility index (Phi) is 3.77. The third-order valence-electron chi connectivity index (χ3n) is 2.93. The van der Waals surface area contributed by atoms with Crippen molar-refractivity contribution in [1.82, 2.24) is 9.97 Å². The highest BCUT2D eigenvalue weighted by atomic mass is 15.2. The Morgan fingerprint density at radius 2 is 2.00 bits per heavy atom. The van der Waals surface area contributed by atoms with Gasteiger partial charge < -0.3 is 10.6 Å². The molecule has 4 heteroatoms. The van der Waals surface area contributed by atoms with Crippen molar-refractivity contribution in [2.24, 2.45) is 0 Å². The Labute approximate surface area is 107 Å². The van der Waals surface area contributed by atoms with Gasteiger partial charge in [0.15, 0.2) is 0 Å². The van der Waals surface area contributed by atoms with E-state index >= 15 is 0 Å². The summed E-state index contributed by atoms with van der Waals surface area (Å²) in [6.45, 7) is 2.83. The maximum atomic E-state index is 5.94. The molecule has 0 aliphatic rings. The zero-order chi connectivity index (χ0) is 13.0. The third-order valence-corrected chi connectivity index (χ3v) is 2.93. The molecule has 0 amide bonds. The maximum Gasteiger partial charge on any atom is 0.132 e. The lowest BCUT2D eigenvalue weighted by Crippen LogP contribution is -2.18. The third kappa shape index (κ3) is 2.77. The fraction of sp³-hybridized carbons (Fsp3) is 0.286. The van der Waals surface area contributed by atoms with Crippen molar-refractivity contribution in [2.45, 2.75) is 19.9 Å². The summed E-state index contributed by atoms with van der Waals surface area (Å²) in [7, 11) is 2.01. The number of anilines is 2. The highest BCUT2D eigenvalue weighted by Gasteiger charge is 2.06. The highest BCUT2D eigenvalue weighted by molar-refractivity contribution is 5.49. The number of hydrogen-bond acceptors (Lipinski definition) is 4. The number of nitrogen functional groups attached to an aromatic ring is 1. The van der Waals surface area contributed by atoms with Gasteiger partial charge in [-0.2, -0.15) is 0 Å². The van der Waals surface area contributed by atoms with E-state index in [-0.39, 0.29) is 0 Å². The molecule has 18 heavy (non-hydrogen) atoms. The smallest absolute Gasteiger partial charge is 0.132 e. The fourth-order valence-electron chi connectivity index (χ4n) is 1.80. The van der Waals surface area contributed by atoms with E-state index in [0.29, 0.717) is 0 Å². The maximum absolute atomic E-state index is 5.94. The summed E-state index contributed by atoms with van der Waals surface area (Å²) in [5, 5.41) is 0. The molecule has 4 nitrogen and oxygen atoms in total. The van der Waals surface area contributed by atoms with Crippen LogP contribution in [-0.2, 0) is 13.0 Å². The summed E-state index contributed by atoms with van der Waals surface area (Å²) >= 11 is 0. The summed E-state index contributed by atoms with van der Waals surface area (Å²) < 4.78 is 0. The van der Waals surface area contributed by atoms with E-state index in [4.69, 9.17) is 5.73 Å². The number of nitrogens with two attached hydrogens (primary N) is 1. The van der Waals surface area contributed by atoms with Crippen LogP contribution in [0.4, 0.5) is 11.5 Å². The van der Waals surface area contributed by atoms with E-state index in [1.807, 2.05) is 37.4 Å². The van der Waals surface area contributed by atoms with Crippen molar-refractivity contribution in [3.8, 4) is 0 Å². The first-order valence-corrected chi connectivity index (χ1v) is 6.06. The predicted octanol–water partition coefficient (Wildman–Crippen LogP) is 2.26. The van der Waals surface area contributed by atoms with Gasteiger partial charge in [0.2, 0.25) is 0 Å². The van der Waals surface area contributed by atoms with Gasteiger partial charge in [-0.05, 0) is 18.1 Å². The Balaban J connectivity index is 2.16. The topological polar surface area (TPSA) is 55.0 Å². The number of hydrogen-bond donors (Lipinski definition) is 1. The zero-order valence-corrected chi connectivity index (χ0v) is 10.8. The van der Waals surface area contributed by atoms with Crippen LogP contribution in [-0.4, -0.2) is 17.0 Å². The lowest BCUT2D eigenvalue weighted by molar-refractivity contribution is 0.879. The first-order chi connectivity index (χ1) is 8.70. The number of rotatable bonds is 4. The van der Waals surface area contributed by atoms with E-state index in [2.05, 4.69) is 21.8 Å². The van der Waals surface area contributed by atoms with Crippen LogP contribution in [0.25, 0.3) is 0 Å². The van der Waals surface area contributed by atoms with E-state index in [0.717, 1.165) is 35.7 Å². The second-order valence-corrected chi connectivity index (χ2v) is 4.28. The van der Waals surface area contributed by atoms with Crippen LogP contribution >= 0.6 is 0 Å². The van der Waals surface area contributed by atoms with E-state index in [9.17, 15) is 0 Å². The van der Waals surface area contributed by atoms with Gasteiger partial charge in [0.1, 0.15) is 12.1 Å². The molecule has 0 aliphatic heterocycles. The Morgan fingerprint density at radius 3 is 2.72 bits per heavy atom. The van der Waals surface area contributed by atoms with Crippen LogP contribution in [0.3, 0.4) is 0 Å². The minimum absolute atomic E-state index is 0.743. The molecule has 2 aromatic rings. The SMILES string of the molecule is CCc1cc(N(C)Cc2ccccc2N)ncn1. The summed E-state index contributed by atoms with van der Waals surface area (Å²) in [5.41, 5.74) is 8.91. The normalized spacial score (nSPS) is 10.3. The predicted molar refractivity (Wildman–Crippen MR) is 74.4 cm³/mol. The van der Waals surface area contributed by atoms with Gasteiger partial charge in [-0.1, -0.05) is 25.1 Å². The van der Waals surface area contributed by atoms with Crippen LogP contribution in [0.15, 0.2) is 36.7 Å². The van der Waals surface area contributed by atoms with Gasteiger partial charge in [-0.25, -0.2) is 9.97 Å². The largest absolute Gasteiger partial charge is 0.398 e. The average molecular weight is 242 g/mol. The second-order valence-electron chi connectivity index (χ2n) is 4.28. The molecule has 0 bridgehead atoms. The Hall–Kier alpha value is -2.10. The molecule has 2 rings (SSSR count). The first kappa shape index (κ1) is 12.4. The van der Waals surface area contributed by atoms with Crippen LogP contribution in [0.1, 0.15) is 18.2 Å². The van der Waals surface area contributed by atoms with Crippen molar-refractivity contribution >= 4 is 11.5 Å². The molecule has 2 N–H and O–H groups in total. The molecule has 0 unspecified atom stereocenters. The van der Waals surface area contributed by atoms with Crippen molar-refractivity contribution in [3.63, 3.8) is 0 Å². The molecule has 94 valence electrons. The fourth-order valence-corrected chi connectivity index (χ4v) is 1.80. The molecule has 0 fully saturated rings. The van der Waals surface area contributed by atoms with Crippen LogP contribution < -0.4 is 10.6 Å². The molecule has 0 atom stereocenters. The molecule has 1 aromatic heterocycles. The molecular weight excluding hydrogens is 224 g/mol. The number of para-hydroxylation sites is 1. The quantitative estimate of drug-likeness (QED) is 0.835. The summed E-state index contributed by atoms with van der Waals surface area (Å²) in [4.78, 5) is 10.6. The molecule has 0 saturated carbocycles. The standard InChI is InChI=1S/C14H18N4/c1-3-12-8-14(17-10-16-12)18(2)9-11-6-4-5-7-13(11)15/h4-8,10H,3,9,15H2,1-2H3. The minimum atomic E-state index is 0.743. The average Bonchev–Trinajstić information content (AvgIpc) is 2.41. The van der Waals surface area contributed by atoms with Crippen molar-refractivity contribution in [2.75, 3.05) is 17.7 Å².